The standard InChI is InChI=1S/C52H53NO/c1-5-12-44-46-33-39(25-31-49(46)52(3,4)48(44)6-2)37-19-17-35(18-20-37)36-21-27-42(28-22-36)53(41-13-8-7-9-14-41)43-29-23-38(24-30-43)40-26-32-51-47(34-40)45-15-10-11-16-50(45)54-51/h5,8,10-19,21-25,27,29-31,34,37,39,42H,6-7,9,20,26,28,32-33H2,1-4H3/b12-5-. The molecule has 0 saturated heterocycles. The third kappa shape index (κ3) is 6.14. The van der Waals surface area contributed by atoms with E-state index in [9.17, 15) is 0 Å². The highest BCUT2D eigenvalue weighted by Crippen LogP contribution is 2.53. The maximum Gasteiger partial charge on any atom is 0.134 e. The van der Waals surface area contributed by atoms with Crippen LogP contribution >= 0.6 is 0 Å². The van der Waals surface area contributed by atoms with Crippen molar-refractivity contribution in [2.24, 2.45) is 17.3 Å². The van der Waals surface area contributed by atoms with Gasteiger partial charge in [0.05, 0.1) is 6.04 Å². The molecule has 6 aliphatic rings. The van der Waals surface area contributed by atoms with Crippen molar-refractivity contribution in [3.8, 4) is 0 Å². The van der Waals surface area contributed by atoms with Crippen LogP contribution in [0.15, 0.2) is 171 Å². The average Bonchev–Trinajstić information content (AvgIpc) is 3.69. The Labute approximate surface area is 322 Å². The van der Waals surface area contributed by atoms with E-state index >= 15 is 0 Å². The van der Waals surface area contributed by atoms with Gasteiger partial charge in [0, 0.05) is 34.2 Å². The minimum absolute atomic E-state index is 0.130. The van der Waals surface area contributed by atoms with Gasteiger partial charge in [0.1, 0.15) is 11.3 Å². The van der Waals surface area contributed by atoms with Crippen molar-refractivity contribution < 1.29 is 4.42 Å². The predicted molar refractivity (Wildman–Crippen MR) is 229 cm³/mol. The molecule has 1 aromatic heterocycles. The molecule has 54 heavy (non-hydrogen) atoms. The van der Waals surface area contributed by atoms with Gasteiger partial charge in [-0.1, -0.05) is 130 Å². The molecule has 6 aliphatic carbocycles. The zero-order valence-electron chi connectivity index (χ0n) is 32.4. The first-order valence-corrected chi connectivity index (χ1v) is 20.5. The molecule has 2 nitrogen and oxygen atoms in total. The lowest BCUT2D eigenvalue weighted by molar-refractivity contribution is 0.461. The van der Waals surface area contributed by atoms with E-state index in [2.05, 4.69) is 166 Å². The molecule has 0 saturated carbocycles. The number of furan rings is 1. The van der Waals surface area contributed by atoms with E-state index in [4.69, 9.17) is 4.42 Å². The maximum atomic E-state index is 6.18. The Morgan fingerprint density at radius 1 is 0.833 bits per heavy atom. The van der Waals surface area contributed by atoms with Crippen LogP contribution in [0.3, 0.4) is 0 Å². The minimum atomic E-state index is 0.130. The van der Waals surface area contributed by atoms with E-state index in [0.29, 0.717) is 11.8 Å². The van der Waals surface area contributed by atoms with Gasteiger partial charge in [0.25, 0.3) is 0 Å². The molecule has 272 valence electrons. The average molecular weight is 708 g/mol. The lowest BCUT2D eigenvalue weighted by Crippen LogP contribution is -2.33. The number of hydrogen-bond acceptors (Lipinski definition) is 2. The van der Waals surface area contributed by atoms with Gasteiger partial charge in [-0.2, -0.15) is 0 Å². The fourth-order valence-corrected chi connectivity index (χ4v) is 10.1. The van der Waals surface area contributed by atoms with Gasteiger partial charge in [-0.3, -0.25) is 0 Å². The van der Waals surface area contributed by atoms with Gasteiger partial charge in [-0.15, -0.1) is 0 Å². The van der Waals surface area contributed by atoms with E-state index in [1.165, 1.54) is 50.2 Å². The summed E-state index contributed by atoms with van der Waals surface area (Å²) in [6.45, 7) is 9.31. The van der Waals surface area contributed by atoms with Gasteiger partial charge in [-0.05, 0) is 133 Å². The summed E-state index contributed by atoms with van der Waals surface area (Å²) < 4.78 is 6.18. The molecule has 0 spiro atoms. The summed E-state index contributed by atoms with van der Waals surface area (Å²) in [5.74, 6) is 2.19. The van der Waals surface area contributed by atoms with E-state index in [0.717, 1.165) is 62.7 Å². The van der Waals surface area contributed by atoms with Crippen molar-refractivity contribution in [2.75, 3.05) is 4.90 Å². The summed E-state index contributed by atoms with van der Waals surface area (Å²) in [5.41, 5.74) is 16.5. The van der Waals surface area contributed by atoms with Crippen molar-refractivity contribution in [1.82, 2.24) is 0 Å². The lowest BCUT2D eigenvalue weighted by Gasteiger charge is -2.35. The van der Waals surface area contributed by atoms with E-state index < -0.39 is 0 Å². The Morgan fingerprint density at radius 2 is 1.63 bits per heavy atom. The summed E-state index contributed by atoms with van der Waals surface area (Å²) in [6, 6.07) is 18.0. The van der Waals surface area contributed by atoms with Crippen LogP contribution in [-0.2, 0) is 6.42 Å². The highest BCUT2D eigenvalue weighted by atomic mass is 16.3. The molecule has 0 amide bonds. The van der Waals surface area contributed by atoms with Gasteiger partial charge in [0.15, 0.2) is 0 Å². The van der Waals surface area contributed by atoms with E-state index in [1.54, 1.807) is 16.7 Å². The second-order valence-electron chi connectivity index (χ2n) is 16.4. The normalized spacial score (nSPS) is 24.5. The Hall–Kier alpha value is -5.08. The Bertz CT molecular complexity index is 2330. The molecule has 1 heterocycles. The summed E-state index contributed by atoms with van der Waals surface area (Å²) >= 11 is 0. The molecular formula is C52H53NO. The number of para-hydroxylation sites is 1. The molecule has 0 bridgehead atoms. The molecule has 2 heteroatoms. The van der Waals surface area contributed by atoms with Crippen molar-refractivity contribution in [1.29, 1.82) is 0 Å². The van der Waals surface area contributed by atoms with Crippen molar-refractivity contribution in [3.05, 3.63) is 184 Å². The monoisotopic (exact) mass is 707 g/mol. The first-order valence-electron chi connectivity index (χ1n) is 20.5. The summed E-state index contributed by atoms with van der Waals surface area (Å²) in [4.78, 5) is 2.55. The van der Waals surface area contributed by atoms with E-state index in [1.807, 2.05) is 0 Å². The van der Waals surface area contributed by atoms with Crippen LogP contribution in [0.5, 0.6) is 0 Å². The number of nitrogens with zero attached hydrogens (tertiary/aromatic N) is 1. The second-order valence-corrected chi connectivity index (χ2v) is 16.4. The third-order valence-corrected chi connectivity index (χ3v) is 12.9. The second kappa shape index (κ2) is 14.3. The molecule has 0 fully saturated rings. The fourth-order valence-electron chi connectivity index (χ4n) is 10.1. The molecule has 3 unspecified atom stereocenters. The predicted octanol–water partition coefficient (Wildman–Crippen LogP) is 13.9. The topological polar surface area (TPSA) is 16.4 Å². The molecule has 2 aromatic carbocycles. The molecule has 0 N–H and O–H groups in total. The van der Waals surface area contributed by atoms with Crippen molar-refractivity contribution in [3.63, 3.8) is 0 Å². The fraction of sp³-hybridized carbons (Fsp3) is 0.308. The third-order valence-electron chi connectivity index (χ3n) is 12.9. The van der Waals surface area contributed by atoms with Gasteiger partial charge in [0.2, 0.25) is 0 Å². The van der Waals surface area contributed by atoms with Gasteiger partial charge >= 0.3 is 0 Å². The van der Waals surface area contributed by atoms with Crippen LogP contribution in [0.1, 0.15) is 89.5 Å². The zero-order chi connectivity index (χ0) is 36.8. The quantitative estimate of drug-likeness (QED) is 0.232. The van der Waals surface area contributed by atoms with Crippen molar-refractivity contribution in [2.45, 2.75) is 85.1 Å². The summed E-state index contributed by atoms with van der Waals surface area (Å²) in [5, 5.41) is 1.21. The Morgan fingerprint density at radius 3 is 2.35 bits per heavy atom. The molecule has 0 aliphatic heterocycles. The number of benzene rings is 2. The highest BCUT2D eigenvalue weighted by Gasteiger charge is 2.39. The maximum absolute atomic E-state index is 6.18. The largest absolute Gasteiger partial charge is 0.460 e. The summed E-state index contributed by atoms with van der Waals surface area (Å²) in [7, 11) is 0. The Balaban J connectivity index is 0.895. The highest BCUT2D eigenvalue weighted by molar-refractivity contribution is 5.96. The molecule has 3 atom stereocenters. The molecule has 9 rings (SSSR count). The number of aryl methyl sites for hydroxylation is 1. The Kier molecular flexibility index (Phi) is 9.18. The number of anilines is 1. The molecule has 3 aromatic rings. The zero-order valence-corrected chi connectivity index (χ0v) is 32.4. The smallest absolute Gasteiger partial charge is 0.134 e. The SMILES string of the molecule is C/C=C\C1=C(CC)C(C)(C)C2=C1CC(C1C=CC(C3=CCC(N(C4=CCCC=C4)c4ccc(C5=Cc6c(oc7ccccc67)CC5)cc4)C=C3)=CC1)C=C2. The van der Waals surface area contributed by atoms with Gasteiger partial charge < -0.3 is 9.32 Å². The van der Waals surface area contributed by atoms with Crippen LogP contribution in [-0.4, -0.2) is 6.04 Å². The first kappa shape index (κ1) is 34.7. The molecule has 0 radical (unpaired) electrons. The van der Waals surface area contributed by atoms with Crippen molar-refractivity contribution >= 4 is 28.3 Å². The lowest BCUT2D eigenvalue weighted by atomic mass is 9.73. The number of fused-ring (bicyclic) bond motifs is 3. The number of allylic oxidation sites excluding steroid dienone is 18. The van der Waals surface area contributed by atoms with Crippen LogP contribution in [0.2, 0.25) is 0 Å². The van der Waals surface area contributed by atoms with Crippen LogP contribution in [0.25, 0.3) is 22.6 Å². The van der Waals surface area contributed by atoms with Gasteiger partial charge in [-0.25, -0.2) is 0 Å². The van der Waals surface area contributed by atoms with E-state index in [-0.39, 0.29) is 11.5 Å². The number of hydrogen-bond donors (Lipinski definition) is 0. The molecular weight excluding hydrogens is 655 g/mol. The van der Waals surface area contributed by atoms with Crippen LogP contribution < -0.4 is 4.90 Å². The van der Waals surface area contributed by atoms with Crippen LogP contribution in [0.4, 0.5) is 5.69 Å². The minimum Gasteiger partial charge on any atom is -0.460 e. The van der Waals surface area contributed by atoms with Crippen LogP contribution in [0, 0.1) is 17.3 Å². The first-order chi connectivity index (χ1) is 26.4. The number of rotatable bonds is 8. The summed E-state index contributed by atoms with van der Waals surface area (Å²) in [6.07, 6.45) is 42.1.